The van der Waals surface area contributed by atoms with Crippen molar-refractivity contribution in [2.45, 2.75) is 284 Å². The molecule has 0 heterocycles. The summed E-state index contributed by atoms with van der Waals surface area (Å²) in [5, 5.41) is 0. The van der Waals surface area contributed by atoms with Gasteiger partial charge in [-0.3, -0.25) is 14.4 Å². The molecule has 1 atom stereocenters. The molecule has 456 valence electrons. The molecule has 6 nitrogen and oxygen atoms in total. The molecule has 0 aliphatic rings. The van der Waals surface area contributed by atoms with Crippen molar-refractivity contribution < 1.29 is 28.6 Å². The maximum absolute atomic E-state index is 12.9. The summed E-state index contributed by atoms with van der Waals surface area (Å²) in [5.74, 6) is -0.964. The average Bonchev–Trinajstić information content (AvgIpc) is 3.47. The zero-order chi connectivity index (χ0) is 58.5. The third kappa shape index (κ3) is 65.7. The van der Waals surface area contributed by atoms with Gasteiger partial charge in [-0.1, -0.05) is 269 Å². The van der Waals surface area contributed by atoms with E-state index in [1.165, 1.54) is 96.3 Å². The van der Waals surface area contributed by atoms with E-state index in [0.29, 0.717) is 25.7 Å². The number of unbranched alkanes of at least 4 members (excludes halogenated alkanes) is 21. The summed E-state index contributed by atoms with van der Waals surface area (Å²) in [6.07, 6.45) is 98.2. The van der Waals surface area contributed by atoms with E-state index < -0.39 is 6.10 Å². The van der Waals surface area contributed by atoms with Crippen LogP contribution in [0.5, 0.6) is 0 Å². The van der Waals surface area contributed by atoms with Crippen LogP contribution in [0.15, 0.2) is 158 Å². The van der Waals surface area contributed by atoms with E-state index in [2.05, 4.69) is 179 Å². The van der Waals surface area contributed by atoms with Gasteiger partial charge in [0.05, 0.1) is 0 Å². The van der Waals surface area contributed by atoms with Crippen molar-refractivity contribution in [3.8, 4) is 0 Å². The molecule has 0 amide bonds. The molecule has 0 spiro atoms. The van der Waals surface area contributed by atoms with Gasteiger partial charge in [-0.15, -0.1) is 0 Å². The molecule has 81 heavy (non-hydrogen) atoms. The smallest absolute Gasteiger partial charge is 0.306 e. The summed E-state index contributed by atoms with van der Waals surface area (Å²) in [5.41, 5.74) is 0. The molecule has 0 aliphatic heterocycles. The van der Waals surface area contributed by atoms with Gasteiger partial charge < -0.3 is 14.2 Å². The molecule has 0 aromatic rings. The third-order valence-electron chi connectivity index (χ3n) is 13.5. The van der Waals surface area contributed by atoms with Crippen LogP contribution in [-0.2, 0) is 28.6 Å². The minimum atomic E-state index is -0.812. The normalized spacial score (nSPS) is 13.2. The van der Waals surface area contributed by atoms with E-state index in [1.807, 2.05) is 0 Å². The molecular formula is C75H120O6. The first-order valence-electron chi connectivity index (χ1n) is 33.0. The van der Waals surface area contributed by atoms with Crippen LogP contribution in [0.4, 0.5) is 0 Å². The Morgan fingerprint density at radius 1 is 0.259 bits per heavy atom. The van der Waals surface area contributed by atoms with E-state index >= 15 is 0 Å². The number of esters is 3. The highest BCUT2D eigenvalue weighted by molar-refractivity contribution is 5.71. The van der Waals surface area contributed by atoms with Crippen molar-refractivity contribution >= 4 is 17.9 Å². The zero-order valence-electron chi connectivity index (χ0n) is 52.2. The summed E-state index contributed by atoms with van der Waals surface area (Å²) in [7, 11) is 0. The first-order valence-corrected chi connectivity index (χ1v) is 33.0. The van der Waals surface area contributed by atoms with E-state index in [1.54, 1.807) is 0 Å². The number of rotatable bonds is 58. The van der Waals surface area contributed by atoms with Gasteiger partial charge in [-0.2, -0.15) is 0 Å². The maximum Gasteiger partial charge on any atom is 0.306 e. The lowest BCUT2D eigenvalue weighted by Crippen LogP contribution is -2.30. The molecule has 0 aliphatic carbocycles. The van der Waals surface area contributed by atoms with Gasteiger partial charge >= 0.3 is 17.9 Å². The number of carbonyl (C=O) groups is 3. The molecule has 0 rings (SSSR count). The van der Waals surface area contributed by atoms with Gasteiger partial charge in [0.15, 0.2) is 6.10 Å². The van der Waals surface area contributed by atoms with E-state index in [-0.39, 0.29) is 31.1 Å². The fraction of sp³-hybridized carbons (Fsp3) is 0.613. The lowest BCUT2D eigenvalue weighted by atomic mass is 10.1. The predicted octanol–water partition coefficient (Wildman–Crippen LogP) is 22.9. The van der Waals surface area contributed by atoms with Crippen molar-refractivity contribution in [3.05, 3.63) is 158 Å². The highest BCUT2D eigenvalue weighted by Gasteiger charge is 2.19. The SMILES string of the molecule is CC/C=C\C/C=C\C/C=C\C/C=C\C/C=C\C/C=C\C/C=C\C/C=C\CCCCC(=O)OCC(COC(=O)CCCCCCCCC/C=C\C/C=C\C/C=C\CC)OC(=O)CCCCCCCCCCC/C=C\C/C=C\CCCCC. The molecule has 0 fully saturated rings. The van der Waals surface area contributed by atoms with Gasteiger partial charge in [0, 0.05) is 19.3 Å². The standard InChI is InChI=1S/C75H120O6/c1-4-7-10-13-16-19-22-25-28-31-33-34-35-36-37-38-39-40-42-44-47-50-53-56-59-62-65-68-74(77)80-71-72(70-79-73(76)67-64-61-58-55-52-49-46-43-30-27-24-21-18-15-12-9-6-3)81-75(78)69-66-63-60-57-54-51-48-45-41-32-29-26-23-20-17-14-11-8-5-2/h7,9-10,12,16-21,25-30,33-34,36-37,39-40,44,47,53,56,72H,4-6,8,11,13-15,22-24,31-32,35,38,41-43,45-46,48-52,54-55,57-71H2,1-3H3/b10-7-,12-9-,19-16-,20-17-,21-18-,28-25-,29-26-,30-27-,34-33-,37-36-,40-39-,47-44-,56-53-. The van der Waals surface area contributed by atoms with Crippen LogP contribution < -0.4 is 0 Å². The lowest BCUT2D eigenvalue weighted by Gasteiger charge is -2.18. The molecule has 0 bridgehead atoms. The molecule has 6 heteroatoms. The van der Waals surface area contributed by atoms with Gasteiger partial charge in [0.1, 0.15) is 13.2 Å². The minimum Gasteiger partial charge on any atom is -0.462 e. The van der Waals surface area contributed by atoms with Crippen molar-refractivity contribution in [2.24, 2.45) is 0 Å². The summed E-state index contributed by atoms with van der Waals surface area (Å²) >= 11 is 0. The highest BCUT2D eigenvalue weighted by Crippen LogP contribution is 2.15. The molecule has 1 unspecified atom stereocenters. The van der Waals surface area contributed by atoms with E-state index in [0.717, 1.165) is 135 Å². The molecule has 0 aromatic carbocycles. The lowest BCUT2D eigenvalue weighted by molar-refractivity contribution is -0.167. The van der Waals surface area contributed by atoms with Crippen LogP contribution in [0.25, 0.3) is 0 Å². The second-order valence-electron chi connectivity index (χ2n) is 21.3. The summed E-state index contributed by atoms with van der Waals surface area (Å²) in [6, 6.07) is 0. The monoisotopic (exact) mass is 1120 g/mol. The number of ether oxygens (including phenoxy) is 3. The Balaban J connectivity index is 4.50. The van der Waals surface area contributed by atoms with Crippen LogP contribution in [0, 0.1) is 0 Å². The Hall–Kier alpha value is -4.97. The Bertz CT molecular complexity index is 1810. The van der Waals surface area contributed by atoms with Gasteiger partial charge in [0.25, 0.3) is 0 Å². The van der Waals surface area contributed by atoms with Gasteiger partial charge in [-0.25, -0.2) is 0 Å². The van der Waals surface area contributed by atoms with Crippen molar-refractivity contribution in [2.75, 3.05) is 13.2 Å². The predicted molar refractivity (Wildman–Crippen MR) is 352 cm³/mol. The van der Waals surface area contributed by atoms with Crippen molar-refractivity contribution in [3.63, 3.8) is 0 Å². The highest BCUT2D eigenvalue weighted by atomic mass is 16.6. The summed E-state index contributed by atoms with van der Waals surface area (Å²) < 4.78 is 16.9. The average molecular weight is 1120 g/mol. The first-order chi connectivity index (χ1) is 40.0. The number of hydrogen-bond donors (Lipinski definition) is 0. The Kier molecular flexibility index (Phi) is 63.4. The van der Waals surface area contributed by atoms with Crippen LogP contribution in [-0.4, -0.2) is 37.2 Å². The van der Waals surface area contributed by atoms with Gasteiger partial charge in [-0.05, 0) is 148 Å². The number of hydrogen-bond acceptors (Lipinski definition) is 6. The van der Waals surface area contributed by atoms with Crippen molar-refractivity contribution in [1.82, 2.24) is 0 Å². The number of allylic oxidation sites excluding steroid dienone is 26. The topological polar surface area (TPSA) is 78.9 Å². The molecule has 0 N–H and O–H groups in total. The van der Waals surface area contributed by atoms with Gasteiger partial charge in [0.2, 0.25) is 0 Å². The molecule has 0 radical (unpaired) electrons. The molecule has 0 saturated heterocycles. The van der Waals surface area contributed by atoms with Crippen LogP contribution >= 0.6 is 0 Å². The third-order valence-corrected chi connectivity index (χ3v) is 13.5. The van der Waals surface area contributed by atoms with E-state index in [9.17, 15) is 14.4 Å². The van der Waals surface area contributed by atoms with Crippen LogP contribution in [0.1, 0.15) is 278 Å². The molecular weight excluding hydrogens is 997 g/mol. The summed E-state index contributed by atoms with van der Waals surface area (Å²) in [6.45, 7) is 6.35. The number of carbonyl (C=O) groups excluding carboxylic acids is 3. The fourth-order valence-electron chi connectivity index (χ4n) is 8.62. The minimum absolute atomic E-state index is 0.105. The fourth-order valence-corrected chi connectivity index (χ4v) is 8.62. The quantitative estimate of drug-likeness (QED) is 0.0261. The zero-order valence-corrected chi connectivity index (χ0v) is 52.2. The van der Waals surface area contributed by atoms with Crippen LogP contribution in [0.2, 0.25) is 0 Å². The Labute approximate surface area is 499 Å². The van der Waals surface area contributed by atoms with Crippen molar-refractivity contribution in [1.29, 1.82) is 0 Å². The molecule has 0 saturated carbocycles. The summed E-state index contributed by atoms with van der Waals surface area (Å²) in [4.78, 5) is 38.4. The second-order valence-corrected chi connectivity index (χ2v) is 21.3. The second kappa shape index (κ2) is 67.5. The Morgan fingerprint density at radius 3 is 0.778 bits per heavy atom. The maximum atomic E-state index is 12.9. The van der Waals surface area contributed by atoms with Crippen LogP contribution in [0.3, 0.4) is 0 Å². The Morgan fingerprint density at radius 2 is 0.481 bits per heavy atom. The first kappa shape index (κ1) is 76.0. The molecule has 0 aromatic heterocycles. The largest absolute Gasteiger partial charge is 0.462 e. The van der Waals surface area contributed by atoms with E-state index in [4.69, 9.17) is 14.2 Å².